The van der Waals surface area contributed by atoms with Gasteiger partial charge < -0.3 is 14.5 Å². The molecule has 0 unspecified atom stereocenters. The molecule has 0 radical (unpaired) electrons. The van der Waals surface area contributed by atoms with Gasteiger partial charge in [-0.3, -0.25) is 9.59 Å². The van der Waals surface area contributed by atoms with Gasteiger partial charge in [-0.1, -0.05) is 0 Å². The molecule has 1 aliphatic heterocycles. The Morgan fingerprint density at radius 1 is 1.23 bits per heavy atom. The largest absolute Gasteiger partial charge is 0.451 e. The number of amides is 1. The molecule has 2 aromatic rings. The number of carbonyl (C=O) groups excluding carboxylic acids is 1. The Morgan fingerprint density at radius 3 is 2.73 bits per heavy atom. The molecule has 1 atom stereocenters. The van der Waals surface area contributed by atoms with Crippen molar-refractivity contribution in [3.05, 3.63) is 45.3 Å². The van der Waals surface area contributed by atoms with Crippen LogP contribution in [0.25, 0.3) is 11.0 Å². The first-order chi connectivity index (χ1) is 10.5. The second kappa shape index (κ2) is 5.93. The van der Waals surface area contributed by atoms with Crippen LogP contribution in [0.2, 0.25) is 0 Å². The van der Waals surface area contributed by atoms with Crippen LogP contribution in [-0.4, -0.2) is 25.2 Å². The van der Waals surface area contributed by atoms with Crippen molar-refractivity contribution in [2.24, 2.45) is 0 Å². The number of fused-ring (bicyclic) bond motifs is 1. The Kier molecular flexibility index (Phi) is 3.98. The molecule has 1 amide bonds. The Balaban J connectivity index is 1.92. The van der Waals surface area contributed by atoms with Crippen LogP contribution in [0, 0.1) is 13.8 Å². The zero-order chi connectivity index (χ0) is 15.7. The van der Waals surface area contributed by atoms with Crippen LogP contribution in [0.1, 0.15) is 34.5 Å². The van der Waals surface area contributed by atoms with Gasteiger partial charge in [-0.25, -0.2) is 0 Å². The van der Waals surface area contributed by atoms with E-state index >= 15 is 0 Å². The summed E-state index contributed by atoms with van der Waals surface area (Å²) in [7, 11) is 0. The van der Waals surface area contributed by atoms with E-state index in [-0.39, 0.29) is 23.1 Å². The van der Waals surface area contributed by atoms with Crippen LogP contribution >= 0.6 is 0 Å². The minimum atomic E-state index is -0.368. The minimum Gasteiger partial charge on any atom is -0.451 e. The topological polar surface area (TPSA) is 68.5 Å². The van der Waals surface area contributed by atoms with E-state index < -0.39 is 0 Å². The van der Waals surface area contributed by atoms with Crippen LogP contribution in [-0.2, 0) is 4.74 Å². The maximum atomic E-state index is 12.3. The molecule has 5 nitrogen and oxygen atoms in total. The lowest BCUT2D eigenvalue weighted by molar-refractivity contribution is 0.0612. The van der Waals surface area contributed by atoms with Gasteiger partial charge in [0.15, 0.2) is 11.2 Å². The van der Waals surface area contributed by atoms with Crippen LogP contribution in [0.15, 0.2) is 27.4 Å². The molecule has 3 rings (SSSR count). The number of nitrogens with one attached hydrogen (secondary N) is 1. The summed E-state index contributed by atoms with van der Waals surface area (Å²) >= 11 is 0. The van der Waals surface area contributed by atoms with Gasteiger partial charge >= 0.3 is 0 Å². The summed E-state index contributed by atoms with van der Waals surface area (Å²) in [6, 6.07) is 4.83. The maximum Gasteiger partial charge on any atom is 0.287 e. The minimum absolute atomic E-state index is 0.0259. The molecule has 1 saturated heterocycles. The third kappa shape index (κ3) is 2.90. The lowest BCUT2D eigenvalue weighted by Crippen LogP contribution is -2.40. The smallest absolute Gasteiger partial charge is 0.287 e. The van der Waals surface area contributed by atoms with Crippen molar-refractivity contribution in [2.45, 2.75) is 32.7 Å². The lowest BCUT2D eigenvalue weighted by Gasteiger charge is -2.22. The highest BCUT2D eigenvalue weighted by atomic mass is 16.5. The van der Waals surface area contributed by atoms with Crippen molar-refractivity contribution in [1.29, 1.82) is 0 Å². The Bertz CT molecular complexity index is 772. The van der Waals surface area contributed by atoms with Gasteiger partial charge in [-0.05, 0) is 49.9 Å². The molecule has 116 valence electrons. The van der Waals surface area contributed by atoms with Crippen molar-refractivity contribution in [1.82, 2.24) is 5.32 Å². The van der Waals surface area contributed by atoms with E-state index in [0.717, 1.165) is 30.6 Å². The SMILES string of the molecule is Cc1cc2oc(C(=O)N[C@H]3CCCOC3)cc(=O)c2cc1C. The monoisotopic (exact) mass is 301 g/mol. The van der Waals surface area contributed by atoms with Crippen LogP contribution in [0.5, 0.6) is 0 Å². The number of benzene rings is 1. The number of carbonyl (C=O) groups is 1. The molecule has 0 spiro atoms. The van der Waals surface area contributed by atoms with E-state index in [1.807, 2.05) is 13.8 Å². The maximum absolute atomic E-state index is 12.3. The Labute approximate surface area is 128 Å². The number of aryl methyl sites for hydroxylation is 2. The molecule has 0 bridgehead atoms. The number of hydrogen-bond donors (Lipinski definition) is 1. The molecule has 0 saturated carbocycles. The molecule has 1 aliphatic rings. The van der Waals surface area contributed by atoms with Gasteiger partial charge in [0.1, 0.15) is 5.58 Å². The van der Waals surface area contributed by atoms with Gasteiger partial charge in [-0.15, -0.1) is 0 Å². The summed E-state index contributed by atoms with van der Waals surface area (Å²) in [5.41, 5.74) is 2.29. The fourth-order valence-corrected chi connectivity index (χ4v) is 2.63. The molecule has 1 fully saturated rings. The van der Waals surface area contributed by atoms with Crippen molar-refractivity contribution in [2.75, 3.05) is 13.2 Å². The predicted octanol–water partition coefficient (Wildman–Crippen LogP) is 2.32. The molecule has 5 heteroatoms. The summed E-state index contributed by atoms with van der Waals surface area (Å²) in [5, 5.41) is 3.36. The highest BCUT2D eigenvalue weighted by molar-refractivity contribution is 5.93. The molecule has 1 aromatic heterocycles. The summed E-state index contributed by atoms with van der Waals surface area (Å²) in [5.74, 6) is -0.320. The zero-order valence-electron chi connectivity index (χ0n) is 12.8. The van der Waals surface area contributed by atoms with E-state index in [4.69, 9.17) is 9.15 Å². The molecule has 0 aliphatic carbocycles. The second-order valence-electron chi connectivity index (χ2n) is 5.80. The third-order valence-corrected chi connectivity index (χ3v) is 4.06. The quantitative estimate of drug-likeness (QED) is 0.924. The van der Waals surface area contributed by atoms with Crippen molar-refractivity contribution >= 4 is 16.9 Å². The molecular formula is C17H19NO4. The number of rotatable bonds is 2. The average Bonchev–Trinajstić information content (AvgIpc) is 2.50. The van der Waals surface area contributed by atoms with Gasteiger partial charge in [0.2, 0.25) is 0 Å². The van der Waals surface area contributed by atoms with Gasteiger partial charge in [0.05, 0.1) is 18.0 Å². The molecule has 1 N–H and O–H groups in total. The summed E-state index contributed by atoms with van der Waals surface area (Å²) in [6.45, 7) is 5.12. The van der Waals surface area contributed by atoms with Gasteiger partial charge in [-0.2, -0.15) is 0 Å². The summed E-state index contributed by atoms with van der Waals surface area (Å²) < 4.78 is 11.0. The Morgan fingerprint density at radius 2 is 2.00 bits per heavy atom. The van der Waals surface area contributed by atoms with Gasteiger partial charge in [0, 0.05) is 12.7 Å². The Hall–Kier alpha value is -2.14. The summed E-state index contributed by atoms with van der Waals surface area (Å²) in [6.07, 6.45) is 1.80. The first-order valence-electron chi connectivity index (χ1n) is 7.48. The fraction of sp³-hybridized carbons (Fsp3) is 0.412. The third-order valence-electron chi connectivity index (χ3n) is 4.06. The van der Waals surface area contributed by atoms with Gasteiger partial charge in [0.25, 0.3) is 5.91 Å². The van der Waals surface area contributed by atoms with E-state index in [9.17, 15) is 9.59 Å². The standard InChI is InChI=1S/C17H19NO4/c1-10-6-13-14(19)8-16(22-15(13)7-11(10)2)17(20)18-12-4-3-5-21-9-12/h6-8,12H,3-5,9H2,1-2H3,(H,18,20)/t12-/m0/s1. The molecule has 1 aromatic carbocycles. The van der Waals surface area contributed by atoms with Crippen molar-refractivity contribution in [3.63, 3.8) is 0 Å². The van der Waals surface area contributed by atoms with Crippen LogP contribution < -0.4 is 10.7 Å². The van der Waals surface area contributed by atoms with E-state index in [0.29, 0.717) is 17.6 Å². The highest BCUT2D eigenvalue weighted by Crippen LogP contribution is 2.18. The fourth-order valence-electron chi connectivity index (χ4n) is 2.63. The molecule has 22 heavy (non-hydrogen) atoms. The first-order valence-corrected chi connectivity index (χ1v) is 7.48. The van der Waals surface area contributed by atoms with Crippen molar-refractivity contribution < 1.29 is 13.9 Å². The highest BCUT2D eigenvalue weighted by Gasteiger charge is 2.19. The lowest BCUT2D eigenvalue weighted by atomic mass is 10.1. The normalized spacial score (nSPS) is 18.4. The number of ether oxygens (including phenoxy) is 1. The van der Waals surface area contributed by atoms with Crippen LogP contribution in [0.3, 0.4) is 0 Å². The second-order valence-corrected chi connectivity index (χ2v) is 5.80. The first kappa shape index (κ1) is 14.8. The van der Waals surface area contributed by atoms with E-state index in [2.05, 4.69) is 5.32 Å². The predicted molar refractivity (Wildman–Crippen MR) is 83.3 cm³/mol. The van der Waals surface area contributed by atoms with Crippen molar-refractivity contribution in [3.8, 4) is 0 Å². The van der Waals surface area contributed by atoms with E-state index in [1.165, 1.54) is 6.07 Å². The molecular weight excluding hydrogens is 282 g/mol. The number of hydrogen-bond acceptors (Lipinski definition) is 4. The van der Waals surface area contributed by atoms with E-state index in [1.54, 1.807) is 12.1 Å². The zero-order valence-corrected chi connectivity index (χ0v) is 12.8. The average molecular weight is 301 g/mol. The summed E-state index contributed by atoms with van der Waals surface area (Å²) in [4.78, 5) is 24.5. The molecule has 2 heterocycles. The van der Waals surface area contributed by atoms with Crippen LogP contribution in [0.4, 0.5) is 0 Å².